The lowest BCUT2D eigenvalue weighted by Crippen LogP contribution is -2.32. The normalized spacial score (nSPS) is 19.5. The number of carbonyl (C=O) groups excluding carboxylic acids is 1. The van der Waals surface area contributed by atoms with Crippen LogP contribution in [0.5, 0.6) is 0 Å². The highest BCUT2D eigenvalue weighted by Crippen LogP contribution is 2.28. The van der Waals surface area contributed by atoms with Gasteiger partial charge in [0.25, 0.3) is 0 Å². The first-order valence-corrected chi connectivity index (χ1v) is 8.44. The summed E-state index contributed by atoms with van der Waals surface area (Å²) in [7, 11) is 0. The number of cyclic esters (lactones) is 1. The molecule has 6 nitrogen and oxygen atoms in total. The average molecular weight is 330 g/mol. The van der Waals surface area contributed by atoms with Crippen LogP contribution in [-0.4, -0.2) is 48.2 Å². The zero-order chi connectivity index (χ0) is 17.4. The Morgan fingerprint density at radius 1 is 1.22 bits per heavy atom. The van der Waals surface area contributed by atoms with Gasteiger partial charge >= 0.3 is 5.97 Å². The van der Waals surface area contributed by atoms with Crippen LogP contribution in [0.25, 0.3) is 0 Å². The van der Waals surface area contributed by atoms with E-state index in [4.69, 9.17) is 19.3 Å². The molecular formula is C17H30O6. The predicted octanol–water partition coefficient (Wildman–Crippen LogP) is 1.99. The molecule has 1 rings (SSSR count). The first-order chi connectivity index (χ1) is 10.9. The zero-order valence-corrected chi connectivity index (χ0v) is 14.6. The first kappa shape index (κ1) is 19.8. The fourth-order valence-corrected chi connectivity index (χ4v) is 2.21. The predicted molar refractivity (Wildman–Crippen MR) is 85.4 cm³/mol. The summed E-state index contributed by atoms with van der Waals surface area (Å²) in [6.07, 6.45) is 0.479. The minimum absolute atomic E-state index is 0.0223. The molecular weight excluding hydrogens is 300 g/mol. The number of hydrogen-bond acceptors (Lipinski definition) is 6. The summed E-state index contributed by atoms with van der Waals surface area (Å²) in [6, 6.07) is 0. The molecule has 2 N–H and O–H groups in total. The standard InChI is InChI=1S/C17H30O6/c1-5-12(6-2)10-22-15-14(13(19)9-18)23-17(20)16(15)21-8-7-11(3)4/h11-14,18-19H,5-10H2,1-4H3/t13-,14+/m0/s1. The van der Waals surface area contributed by atoms with Crippen molar-refractivity contribution in [2.75, 3.05) is 19.8 Å². The number of hydrogen-bond donors (Lipinski definition) is 2. The van der Waals surface area contributed by atoms with Crippen LogP contribution in [0.3, 0.4) is 0 Å². The lowest BCUT2D eigenvalue weighted by molar-refractivity contribution is -0.148. The Hall–Kier alpha value is -1.27. The van der Waals surface area contributed by atoms with Gasteiger partial charge in [-0.15, -0.1) is 0 Å². The summed E-state index contributed by atoms with van der Waals surface area (Å²) < 4.78 is 16.4. The fourth-order valence-electron chi connectivity index (χ4n) is 2.21. The molecule has 0 bridgehead atoms. The molecule has 0 radical (unpaired) electrons. The minimum Gasteiger partial charge on any atom is -0.490 e. The molecule has 1 heterocycles. The number of carbonyl (C=O) groups is 1. The van der Waals surface area contributed by atoms with Crippen LogP contribution in [-0.2, 0) is 19.0 Å². The van der Waals surface area contributed by atoms with Gasteiger partial charge in [-0.25, -0.2) is 4.79 Å². The van der Waals surface area contributed by atoms with E-state index < -0.39 is 24.8 Å². The van der Waals surface area contributed by atoms with E-state index in [1.165, 1.54) is 0 Å². The highest BCUT2D eigenvalue weighted by atomic mass is 16.6. The SMILES string of the molecule is CCC(CC)COC1=C(OCCC(C)C)C(=O)O[C@@H]1[C@@H](O)CO. The molecule has 134 valence electrons. The molecule has 0 saturated carbocycles. The van der Waals surface area contributed by atoms with Crippen molar-refractivity contribution in [1.82, 2.24) is 0 Å². The zero-order valence-electron chi connectivity index (χ0n) is 14.6. The van der Waals surface area contributed by atoms with Gasteiger partial charge < -0.3 is 24.4 Å². The van der Waals surface area contributed by atoms with Crippen LogP contribution in [0.15, 0.2) is 11.5 Å². The highest BCUT2D eigenvalue weighted by molar-refractivity contribution is 5.89. The largest absolute Gasteiger partial charge is 0.490 e. The van der Waals surface area contributed by atoms with Gasteiger partial charge in [-0.2, -0.15) is 0 Å². The van der Waals surface area contributed by atoms with E-state index in [9.17, 15) is 9.90 Å². The smallest absolute Gasteiger partial charge is 0.378 e. The van der Waals surface area contributed by atoms with Crippen molar-refractivity contribution in [3.05, 3.63) is 11.5 Å². The Morgan fingerprint density at radius 2 is 1.87 bits per heavy atom. The third-order valence-corrected chi connectivity index (χ3v) is 4.01. The second kappa shape index (κ2) is 9.78. The molecule has 0 saturated heterocycles. The average Bonchev–Trinajstić information content (AvgIpc) is 2.84. The molecule has 23 heavy (non-hydrogen) atoms. The molecule has 2 atom stereocenters. The van der Waals surface area contributed by atoms with Crippen molar-refractivity contribution >= 4 is 5.97 Å². The molecule has 1 aliphatic rings. The van der Waals surface area contributed by atoms with Gasteiger partial charge in [0.15, 0.2) is 11.9 Å². The first-order valence-electron chi connectivity index (χ1n) is 8.44. The van der Waals surface area contributed by atoms with Crippen LogP contribution in [0.2, 0.25) is 0 Å². The van der Waals surface area contributed by atoms with Gasteiger partial charge in [-0.05, 0) is 18.3 Å². The quantitative estimate of drug-likeness (QED) is 0.564. The van der Waals surface area contributed by atoms with Crippen molar-refractivity contribution in [2.24, 2.45) is 11.8 Å². The molecule has 1 aliphatic heterocycles. The molecule has 0 spiro atoms. The van der Waals surface area contributed by atoms with Gasteiger partial charge in [-0.1, -0.05) is 40.5 Å². The van der Waals surface area contributed by atoms with E-state index >= 15 is 0 Å². The molecule has 0 amide bonds. The summed E-state index contributed by atoms with van der Waals surface area (Å²) in [5.41, 5.74) is 0. The van der Waals surface area contributed by atoms with Crippen LogP contribution in [0, 0.1) is 11.8 Å². The Kier molecular flexibility index (Phi) is 8.41. The molecule has 0 aliphatic carbocycles. The summed E-state index contributed by atoms with van der Waals surface area (Å²) in [6.45, 7) is 8.55. The molecule has 0 unspecified atom stereocenters. The van der Waals surface area contributed by atoms with Crippen LogP contribution < -0.4 is 0 Å². The van der Waals surface area contributed by atoms with E-state index in [2.05, 4.69) is 27.7 Å². The van der Waals surface area contributed by atoms with Gasteiger partial charge in [-0.3, -0.25) is 0 Å². The van der Waals surface area contributed by atoms with E-state index in [1.54, 1.807) is 0 Å². The van der Waals surface area contributed by atoms with Crippen molar-refractivity contribution in [3.8, 4) is 0 Å². The van der Waals surface area contributed by atoms with E-state index in [1.807, 2.05) is 0 Å². The third kappa shape index (κ3) is 5.70. The second-order valence-corrected chi connectivity index (χ2v) is 6.29. The van der Waals surface area contributed by atoms with Crippen molar-refractivity contribution in [3.63, 3.8) is 0 Å². The van der Waals surface area contributed by atoms with Crippen molar-refractivity contribution in [1.29, 1.82) is 0 Å². The maximum absolute atomic E-state index is 12.0. The van der Waals surface area contributed by atoms with Gasteiger partial charge in [0.05, 0.1) is 19.8 Å². The Bertz CT molecular complexity index is 400. The van der Waals surface area contributed by atoms with Gasteiger partial charge in [0, 0.05) is 0 Å². The van der Waals surface area contributed by atoms with Crippen LogP contribution in [0.1, 0.15) is 47.0 Å². The van der Waals surface area contributed by atoms with E-state index in [0.717, 1.165) is 19.3 Å². The Balaban J connectivity index is 2.86. The monoisotopic (exact) mass is 330 g/mol. The van der Waals surface area contributed by atoms with Crippen LogP contribution in [0.4, 0.5) is 0 Å². The van der Waals surface area contributed by atoms with Gasteiger partial charge in [0.2, 0.25) is 5.76 Å². The number of aliphatic hydroxyl groups is 2. The molecule has 6 heteroatoms. The number of rotatable bonds is 11. The summed E-state index contributed by atoms with van der Waals surface area (Å²) in [5.74, 6) is 0.370. The minimum atomic E-state index is -1.22. The third-order valence-electron chi connectivity index (χ3n) is 4.01. The fraction of sp³-hybridized carbons (Fsp3) is 0.824. The Morgan fingerprint density at radius 3 is 2.39 bits per heavy atom. The highest BCUT2D eigenvalue weighted by Gasteiger charge is 2.42. The maximum Gasteiger partial charge on any atom is 0.378 e. The summed E-state index contributed by atoms with van der Waals surface area (Å²) in [5, 5.41) is 19.0. The van der Waals surface area contributed by atoms with Gasteiger partial charge in [0.1, 0.15) is 6.10 Å². The molecule has 0 aromatic carbocycles. The van der Waals surface area contributed by atoms with E-state index in [0.29, 0.717) is 25.0 Å². The summed E-state index contributed by atoms with van der Waals surface area (Å²) in [4.78, 5) is 12.0. The molecule has 0 aromatic rings. The topological polar surface area (TPSA) is 85.2 Å². The number of aliphatic hydroxyl groups excluding tert-OH is 2. The van der Waals surface area contributed by atoms with Crippen LogP contribution >= 0.6 is 0 Å². The number of ether oxygens (including phenoxy) is 3. The molecule has 0 fully saturated rings. The second-order valence-electron chi connectivity index (χ2n) is 6.29. The molecule has 0 aromatic heterocycles. The lowest BCUT2D eigenvalue weighted by atomic mass is 10.1. The van der Waals surface area contributed by atoms with E-state index in [-0.39, 0.29) is 11.5 Å². The van der Waals surface area contributed by atoms with Crippen molar-refractivity contribution < 1.29 is 29.2 Å². The maximum atomic E-state index is 12.0. The Labute approximate surface area is 138 Å². The van der Waals surface area contributed by atoms with Crippen molar-refractivity contribution in [2.45, 2.75) is 59.2 Å². The summed E-state index contributed by atoms with van der Waals surface area (Å²) >= 11 is 0. The number of esters is 1. The lowest BCUT2D eigenvalue weighted by Gasteiger charge is -2.20.